The maximum atomic E-state index is 13.9. The number of hydrogen-bond acceptors (Lipinski definition) is 5. The maximum absolute atomic E-state index is 13.9. The van der Waals surface area contributed by atoms with E-state index >= 15 is 0 Å². The molecule has 1 atom stereocenters. The van der Waals surface area contributed by atoms with Crippen LogP contribution in [0.5, 0.6) is 0 Å². The van der Waals surface area contributed by atoms with E-state index in [9.17, 15) is 8.60 Å². The normalized spacial score (nSPS) is 13.9. The molecule has 9 heteroatoms. The summed E-state index contributed by atoms with van der Waals surface area (Å²) in [5, 5.41) is 15.9. The SMILES string of the molecule is CS(=O)(=NCc1cnn(-c2ccc(/C(N)=N/O)cc2)c1)c1ccccc1F. The van der Waals surface area contributed by atoms with Crippen LogP contribution in [0.1, 0.15) is 11.1 Å². The zero-order valence-corrected chi connectivity index (χ0v) is 15.3. The molecule has 0 aliphatic carbocycles. The Balaban J connectivity index is 1.80. The van der Waals surface area contributed by atoms with Gasteiger partial charge in [-0.1, -0.05) is 17.3 Å². The van der Waals surface area contributed by atoms with Gasteiger partial charge in [-0.3, -0.25) is 0 Å². The molecule has 3 N–H and O–H groups in total. The Bertz CT molecular complexity index is 1100. The second-order valence-electron chi connectivity index (χ2n) is 5.85. The summed E-state index contributed by atoms with van der Waals surface area (Å²) in [6.07, 6.45) is 4.78. The molecule has 0 aliphatic rings. The van der Waals surface area contributed by atoms with Crippen molar-refractivity contribution >= 4 is 15.6 Å². The number of oxime groups is 1. The van der Waals surface area contributed by atoms with Crippen LogP contribution in [0, 0.1) is 5.82 Å². The highest BCUT2D eigenvalue weighted by molar-refractivity contribution is 7.93. The molecule has 0 spiro atoms. The number of nitrogens with zero attached hydrogens (tertiary/aromatic N) is 4. The number of nitrogens with two attached hydrogens (primary N) is 1. The Morgan fingerprint density at radius 2 is 1.96 bits per heavy atom. The lowest BCUT2D eigenvalue weighted by atomic mass is 10.2. The van der Waals surface area contributed by atoms with E-state index in [1.54, 1.807) is 53.5 Å². The molecular weight excluding hydrogens is 369 g/mol. The van der Waals surface area contributed by atoms with Crippen molar-refractivity contribution in [2.24, 2.45) is 15.3 Å². The van der Waals surface area contributed by atoms with Gasteiger partial charge in [-0.15, -0.1) is 0 Å². The summed E-state index contributed by atoms with van der Waals surface area (Å²) in [5.74, 6) is -0.511. The van der Waals surface area contributed by atoms with Crippen LogP contribution in [0.15, 0.2) is 75.3 Å². The minimum Gasteiger partial charge on any atom is -0.409 e. The van der Waals surface area contributed by atoms with Gasteiger partial charge in [-0.05, 0) is 36.4 Å². The van der Waals surface area contributed by atoms with Crippen LogP contribution >= 0.6 is 0 Å². The third kappa shape index (κ3) is 4.14. The molecule has 3 rings (SSSR count). The van der Waals surface area contributed by atoms with Crippen molar-refractivity contribution in [3.05, 3.63) is 77.9 Å². The van der Waals surface area contributed by atoms with Gasteiger partial charge >= 0.3 is 0 Å². The van der Waals surface area contributed by atoms with Gasteiger partial charge in [0.25, 0.3) is 0 Å². The second-order valence-corrected chi connectivity index (χ2v) is 8.15. The first-order valence-corrected chi connectivity index (χ1v) is 9.87. The quantitative estimate of drug-likeness (QED) is 0.304. The van der Waals surface area contributed by atoms with Crippen molar-refractivity contribution in [2.75, 3.05) is 6.26 Å². The van der Waals surface area contributed by atoms with Crippen LogP contribution in [-0.4, -0.2) is 31.3 Å². The van der Waals surface area contributed by atoms with Gasteiger partial charge in [0.1, 0.15) is 5.82 Å². The Labute approximate surface area is 156 Å². The summed E-state index contributed by atoms with van der Waals surface area (Å²) in [4.78, 5) is 0.0936. The third-order valence-corrected chi connectivity index (χ3v) is 5.68. The minimum absolute atomic E-state index is 0.0207. The third-order valence-electron chi connectivity index (χ3n) is 3.91. The molecule has 140 valence electrons. The van der Waals surface area contributed by atoms with Crippen LogP contribution in [0.25, 0.3) is 5.69 Å². The smallest absolute Gasteiger partial charge is 0.170 e. The fourth-order valence-corrected chi connectivity index (χ4v) is 3.74. The zero-order valence-electron chi connectivity index (χ0n) is 14.5. The lowest BCUT2D eigenvalue weighted by Crippen LogP contribution is -2.12. The van der Waals surface area contributed by atoms with Crippen LogP contribution in [0.2, 0.25) is 0 Å². The van der Waals surface area contributed by atoms with Crippen LogP contribution in [0.4, 0.5) is 4.39 Å². The van der Waals surface area contributed by atoms with Gasteiger partial charge in [0.15, 0.2) is 5.84 Å². The largest absolute Gasteiger partial charge is 0.409 e. The first-order valence-electron chi connectivity index (χ1n) is 7.95. The average molecular weight is 387 g/mol. The lowest BCUT2D eigenvalue weighted by Gasteiger charge is -2.05. The first kappa shape index (κ1) is 18.6. The highest BCUT2D eigenvalue weighted by Gasteiger charge is 2.11. The second kappa shape index (κ2) is 7.58. The fourth-order valence-electron chi connectivity index (χ4n) is 2.44. The van der Waals surface area contributed by atoms with Gasteiger partial charge in [0, 0.05) is 23.6 Å². The molecule has 0 aliphatic heterocycles. The summed E-state index contributed by atoms with van der Waals surface area (Å²) >= 11 is 0. The van der Waals surface area contributed by atoms with E-state index in [2.05, 4.69) is 14.6 Å². The number of amidine groups is 1. The monoisotopic (exact) mass is 387 g/mol. The molecule has 0 saturated heterocycles. The highest BCUT2D eigenvalue weighted by atomic mass is 32.2. The average Bonchev–Trinajstić information content (AvgIpc) is 3.15. The standard InChI is InChI=1S/C18H18FN5O2S/c1-27(26,17-5-3-2-4-16(17)19)22-11-13-10-21-24(12-13)15-8-6-14(7-9-15)18(20)23-25/h2-10,12,25H,11H2,1H3,(H2,20,23). The Morgan fingerprint density at radius 1 is 1.26 bits per heavy atom. The molecule has 0 saturated carbocycles. The number of aromatic nitrogens is 2. The van der Waals surface area contributed by atoms with Gasteiger partial charge in [-0.2, -0.15) is 5.10 Å². The minimum atomic E-state index is -2.85. The fraction of sp³-hybridized carbons (Fsp3) is 0.111. The van der Waals surface area contributed by atoms with Crippen molar-refractivity contribution in [1.29, 1.82) is 0 Å². The maximum Gasteiger partial charge on any atom is 0.170 e. The van der Waals surface area contributed by atoms with E-state index < -0.39 is 15.5 Å². The van der Waals surface area contributed by atoms with E-state index in [1.807, 2.05) is 0 Å². The molecule has 1 heterocycles. The molecule has 0 radical (unpaired) electrons. The number of hydrogen-bond donors (Lipinski definition) is 2. The molecule has 27 heavy (non-hydrogen) atoms. The molecule has 1 unspecified atom stereocenters. The molecule has 7 nitrogen and oxygen atoms in total. The molecule has 3 aromatic rings. The van der Waals surface area contributed by atoms with Gasteiger partial charge < -0.3 is 10.9 Å². The highest BCUT2D eigenvalue weighted by Crippen LogP contribution is 2.17. The summed E-state index contributed by atoms with van der Waals surface area (Å²) in [5.41, 5.74) is 7.62. The first-order chi connectivity index (χ1) is 12.9. The van der Waals surface area contributed by atoms with Crippen molar-refractivity contribution in [3.63, 3.8) is 0 Å². The number of halogens is 1. The number of benzene rings is 2. The molecule has 1 aromatic heterocycles. The van der Waals surface area contributed by atoms with Crippen LogP contribution in [-0.2, 0) is 16.3 Å². The lowest BCUT2D eigenvalue weighted by molar-refractivity contribution is 0.318. The predicted octanol–water partition coefficient (Wildman–Crippen LogP) is 2.76. The van der Waals surface area contributed by atoms with Crippen molar-refractivity contribution in [1.82, 2.24) is 9.78 Å². The summed E-state index contributed by atoms with van der Waals surface area (Å²) in [7, 11) is -2.85. The van der Waals surface area contributed by atoms with E-state index in [0.29, 0.717) is 5.56 Å². The molecule has 0 bridgehead atoms. The van der Waals surface area contributed by atoms with Gasteiger partial charge in [-0.25, -0.2) is 17.6 Å². The Morgan fingerprint density at radius 3 is 2.63 bits per heavy atom. The van der Waals surface area contributed by atoms with Crippen molar-refractivity contribution in [3.8, 4) is 5.69 Å². The molecule has 0 fully saturated rings. The predicted molar refractivity (Wildman–Crippen MR) is 101 cm³/mol. The van der Waals surface area contributed by atoms with E-state index in [-0.39, 0.29) is 17.3 Å². The molecule has 0 amide bonds. The van der Waals surface area contributed by atoms with Crippen molar-refractivity contribution in [2.45, 2.75) is 11.4 Å². The Hall–Kier alpha value is -3.20. The molecular formula is C18H18FN5O2S. The van der Waals surface area contributed by atoms with E-state index in [4.69, 9.17) is 10.9 Å². The summed E-state index contributed by atoms with van der Waals surface area (Å²) in [6.45, 7) is 0.145. The molecule has 2 aromatic carbocycles. The topological polar surface area (TPSA) is 106 Å². The zero-order chi connectivity index (χ0) is 19.4. The van der Waals surface area contributed by atoms with Crippen LogP contribution < -0.4 is 5.73 Å². The van der Waals surface area contributed by atoms with Crippen molar-refractivity contribution < 1.29 is 13.8 Å². The van der Waals surface area contributed by atoms with E-state index in [0.717, 1.165) is 11.3 Å². The number of rotatable bonds is 5. The Kier molecular flexibility index (Phi) is 5.22. The van der Waals surface area contributed by atoms with Crippen LogP contribution in [0.3, 0.4) is 0 Å². The summed E-state index contributed by atoms with van der Waals surface area (Å²) in [6, 6.07) is 12.9. The van der Waals surface area contributed by atoms with Gasteiger partial charge in [0.05, 0.1) is 33.1 Å². The van der Waals surface area contributed by atoms with E-state index in [1.165, 1.54) is 18.4 Å². The van der Waals surface area contributed by atoms with Gasteiger partial charge in [0.2, 0.25) is 0 Å². The summed E-state index contributed by atoms with van der Waals surface area (Å²) < 4.78 is 32.4.